The number of nitrogens with one attached hydrogen (secondary N) is 1. The van der Waals surface area contributed by atoms with E-state index in [1.165, 1.54) is 12.8 Å². The Balaban J connectivity index is 1.97. The van der Waals surface area contributed by atoms with Gasteiger partial charge in [-0.05, 0) is 62.3 Å². The van der Waals surface area contributed by atoms with Crippen molar-refractivity contribution in [2.24, 2.45) is 5.92 Å². The van der Waals surface area contributed by atoms with Gasteiger partial charge in [-0.15, -0.1) is 0 Å². The second-order valence-corrected chi connectivity index (χ2v) is 6.25. The predicted octanol–water partition coefficient (Wildman–Crippen LogP) is 4.07. The highest BCUT2D eigenvalue weighted by atomic mass is 79.9. The molecule has 3 heteroatoms. The number of hydrogen-bond donors (Lipinski definition) is 1. The fourth-order valence-electron chi connectivity index (χ4n) is 2.46. The molecule has 2 rings (SSSR count). The van der Waals surface area contributed by atoms with Gasteiger partial charge in [0.25, 0.3) is 5.91 Å². The van der Waals surface area contributed by atoms with E-state index in [2.05, 4.69) is 28.2 Å². The first kappa shape index (κ1) is 13.6. The molecule has 0 unspecified atom stereocenters. The number of aryl methyl sites for hydroxylation is 1. The van der Waals surface area contributed by atoms with E-state index in [9.17, 15) is 4.79 Å². The number of carbonyl (C=O) groups excluding carboxylic acids is 1. The van der Waals surface area contributed by atoms with Crippen molar-refractivity contribution in [1.82, 2.24) is 5.32 Å². The molecule has 0 atom stereocenters. The highest BCUT2D eigenvalue weighted by Gasteiger charge is 2.20. The van der Waals surface area contributed by atoms with Crippen LogP contribution in [0.3, 0.4) is 0 Å². The van der Waals surface area contributed by atoms with E-state index >= 15 is 0 Å². The van der Waals surface area contributed by atoms with Gasteiger partial charge >= 0.3 is 0 Å². The lowest BCUT2D eigenvalue weighted by molar-refractivity contribution is 0.0923. The van der Waals surface area contributed by atoms with Crippen LogP contribution in [-0.4, -0.2) is 11.9 Å². The first-order chi connectivity index (χ1) is 8.56. The van der Waals surface area contributed by atoms with Crippen molar-refractivity contribution in [3.05, 3.63) is 33.8 Å². The van der Waals surface area contributed by atoms with Crippen molar-refractivity contribution in [2.75, 3.05) is 0 Å². The van der Waals surface area contributed by atoms with Crippen molar-refractivity contribution in [3.8, 4) is 0 Å². The molecule has 1 aromatic carbocycles. The van der Waals surface area contributed by atoms with E-state index in [0.717, 1.165) is 34.4 Å². The van der Waals surface area contributed by atoms with E-state index in [1.54, 1.807) is 0 Å². The smallest absolute Gasteiger partial charge is 0.251 e. The molecule has 0 heterocycles. The molecule has 1 aliphatic rings. The number of halogens is 1. The molecule has 0 bridgehead atoms. The Labute approximate surface area is 117 Å². The molecule has 2 nitrogen and oxygen atoms in total. The molecule has 1 amide bonds. The van der Waals surface area contributed by atoms with Crippen LogP contribution in [-0.2, 0) is 0 Å². The van der Waals surface area contributed by atoms with E-state index in [1.807, 2.05) is 25.1 Å². The van der Waals surface area contributed by atoms with Crippen molar-refractivity contribution in [3.63, 3.8) is 0 Å². The molecule has 1 aromatic rings. The summed E-state index contributed by atoms with van der Waals surface area (Å²) in [5.74, 6) is 0.873. The average Bonchev–Trinajstić information content (AvgIpc) is 2.35. The number of amides is 1. The fraction of sp³-hybridized carbons (Fsp3) is 0.533. The molecular formula is C15H20BrNO. The summed E-state index contributed by atoms with van der Waals surface area (Å²) in [7, 11) is 0. The summed E-state index contributed by atoms with van der Waals surface area (Å²) in [6, 6.07) is 6.10. The minimum absolute atomic E-state index is 0.0603. The molecule has 1 saturated carbocycles. The van der Waals surface area contributed by atoms with Crippen molar-refractivity contribution in [2.45, 2.75) is 45.6 Å². The first-order valence-corrected chi connectivity index (χ1v) is 7.42. The van der Waals surface area contributed by atoms with E-state index < -0.39 is 0 Å². The summed E-state index contributed by atoms with van der Waals surface area (Å²) in [6.07, 6.45) is 4.68. The Morgan fingerprint density at radius 3 is 2.56 bits per heavy atom. The van der Waals surface area contributed by atoms with Crippen LogP contribution < -0.4 is 5.32 Å². The molecule has 18 heavy (non-hydrogen) atoms. The molecule has 1 N–H and O–H groups in total. The highest BCUT2D eigenvalue weighted by Crippen LogP contribution is 2.24. The summed E-state index contributed by atoms with van der Waals surface area (Å²) in [6.45, 7) is 4.29. The van der Waals surface area contributed by atoms with E-state index in [4.69, 9.17) is 0 Å². The average molecular weight is 310 g/mol. The van der Waals surface area contributed by atoms with Gasteiger partial charge in [0, 0.05) is 16.1 Å². The molecule has 0 aromatic heterocycles. The van der Waals surface area contributed by atoms with Crippen LogP contribution in [0.15, 0.2) is 22.7 Å². The van der Waals surface area contributed by atoms with Crippen LogP contribution in [0, 0.1) is 12.8 Å². The topological polar surface area (TPSA) is 29.1 Å². The second-order valence-electron chi connectivity index (χ2n) is 5.39. The van der Waals surface area contributed by atoms with Crippen LogP contribution in [0.25, 0.3) is 0 Å². The Kier molecular flexibility index (Phi) is 4.44. The summed E-state index contributed by atoms with van der Waals surface area (Å²) < 4.78 is 1.05. The van der Waals surface area contributed by atoms with Crippen LogP contribution in [0.5, 0.6) is 0 Å². The molecule has 1 fully saturated rings. The Hall–Kier alpha value is -0.830. The molecule has 0 aliphatic heterocycles. The van der Waals surface area contributed by atoms with Gasteiger partial charge in [-0.25, -0.2) is 0 Å². The molecule has 0 spiro atoms. The van der Waals surface area contributed by atoms with Gasteiger partial charge in [-0.2, -0.15) is 0 Å². The van der Waals surface area contributed by atoms with Crippen LogP contribution in [0.1, 0.15) is 48.5 Å². The maximum atomic E-state index is 12.1. The number of hydrogen-bond acceptors (Lipinski definition) is 1. The first-order valence-electron chi connectivity index (χ1n) is 6.63. The van der Waals surface area contributed by atoms with Crippen molar-refractivity contribution < 1.29 is 4.79 Å². The van der Waals surface area contributed by atoms with Crippen molar-refractivity contribution >= 4 is 21.8 Å². The number of rotatable bonds is 2. The molecular weight excluding hydrogens is 290 g/mol. The second kappa shape index (κ2) is 5.87. The Morgan fingerprint density at radius 2 is 1.94 bits per heavy atom. The minimum Gasteiger partial charge on any atom is -0.349 e. The van der Waals surface area contributed by atoms with Crippen LogP contribution in [0.2, 0.25) is 0 Å². The molecule has 0 saturated heterocycles. The van der Waals surface area contributed by atoms with E-state index in [-0.39, 0.29) is 5.91 Å². The number of benzene rings is 1. The zero-order valence-corrected chi connectivity index (χ0v) is 12.6. The standard InChI is InChI=1S/C15H20BrNO/c1-10-3-6-13(7-4-10)17-15(18)12-5-8-14(16)11(2)9-12/h5,8-10,13H,3-4,6-7H2,1-2H3,(H,17,18). The third-order valence-electron chi connectivity index (χ3n) is 3.77. The maximum absolute atomic E-state index is 12.1. The van der Waals surface area contributed by atoms with Gasteiger partial charge in [-0.3, -0.25) is 4.79 Å². The van der Waals surface area contributed by atoms with Gasteiger partial charge < -0.3 is 5.32 Å². The summed E-state index contributed by atoms with van der Waals surface area (Å²) in [5.41, 5.74) is 1.86. The van der Waals surface area contributed by atoms with Gasteiger partial charge in [0.15, 0.2) is 0 Å². The van der Waals surface area contributed by atoms with E-state index in [0.29, 0.717) is 6.04 Å². The van der Waals surface area contributed by atoms with Gasteiger partial charge in [0.1, 0.15) is 0 Å². The third kappa shape index (κ3) is 3.35. The summed E-state index contributed by atoms with van der Waals surface area (Å²) in [5, 5.41) is 3.15. The maximum Gasteiger partial charge on any atom is 0.251 e. The quantitative estimate of drug-likeness (QED) is 0.876. The highest BCUT2D eigenvalue weighted by molar-refractivity contribution is 9.10. The minimum atomic E-state index is 0.0603. The fourth-order valence-corrected chi connectivity index (χ4v) is 2.71. The van der Waals surface area contributed by atoms with Gasteiger partial charge in [0.2, 0.25) is 0 Å². The van der Waals surface area contributed by atoms with Gasteiger partial charge in [0.05, 0.1) is 0 Å². The monoisotopic (exact) mass is 309 g/mol. The lowest BCUT2D eigenvalue weighted by atomic mass is 9.87. The van der Waals surface area contributed by atoms with Crippen molar-refractivity contribution in [1.29, 1.82) is 0 Å². The van der Waals surface area contributed by atoms with Crippen LogP contribution in [0.4, 0.5) is 0 Å². The lowest BCUT2D eigenvalue weighted by Crippen LogP contribution is -2.37. The van der Waals surface area contributed by atoms with Gasteiger partial charge in [-0.1, -0.05) is 22.9 Å². The van der Waals surface area contributed by atoms with Crippen LogP contribution >= 0.6 is 15.9 Å². The molecule has 0 radical (unpaired) electrons. The lowest BCUT2D eigenvalue weighted by Gasteiger charge is -2.27. The largest absolute Gasteiger partial charge is 0.349 e. The summed E-state index contributed by atoms with van der Waals surface area (Å²) >= 11 is 3.45. The zero-order valence-electron chi connectivity index (χ0n) is 11.0. The Bertz CT molecular complexity index is 436. The molecule has 98 valence electrons. The predicted molar refractivity (Wildman–Crippen MR) is 77.8 cm³/mol. The normalized spacial score (nSPS) is 23.7. The molecule has 1 aliphatic carbocycles. The SMILES string of the molecule is Cc1cc(C(=O)NC2CCC(C)CC2)ccc1Br. The summed E-state index contributed by atoms with van der Waals surface area (Å²) in [4.78, 5) is 12.1. The Morgan fingerprint density at radius 1 is 1.28 bits per heavy atom. The number of carbonyl (C=O) groups is 1. The third-order valence-corrected chi connectivity index (χ3v) is 4.66. The zero-order chi connectivity index (χ0) is 13.1.